The van der Waals surface area contributed by atoms with Crippen LogP contribution in [0.1, 0.15) is 0 Å². The Morgan fingerprint density at radius 2 is 1.73 bits per heavy atom. The summed E-state index contributed by atoms with van der Waals surface area (Å²) in [6.45, 7) is 0. The summed E-state index contributed by atoms with van der Waals surface area (Å²) in [5.74, 6) is 0. The molecular formula is C16H9N3O3. The van der Waals surface area contributed by atoms with Crippen LogP contribution in [0.25, 0.3) is 32.7 Å². The van der Waals surface area contributed by atoms with Crippen molar-refractivity contribution in [3.63, 3.8) is 0 Å². The van der Waals surface area contributed by atoms with Gasteiger partial charge in [-0.3, -0.25) is 14.9 Å². The summed E-state index contributed by atoms with van der Waals surface area (Å²) in [5, 5.41) is 12.7. The van der Waals surface area contributed by atoms with Gasteiger partial charge in [-0.25, -0.2) is 4.98 Å². The molecule has 0 radical (unpaired) electrons. The quantitative estimate of drug-likeness (QED) is 0.252. The highest BCUT2D eigenvalue weighted by Crippen LogP contribution is 2.27. The van der Waals surface area contributed by atoms with E-state index in [2.05, 4.69) is 9.97 Å². The van der Waals surface area contributed by atoms with Crippen LogP contribution in [-0.2, 0) is 0 Å². The lowest BCUT2D eigenvalue weighted by Gasteiger charge is -2.05. The fraction of sp³-hybridized carbons (Fsp3) is 0. The summed E-state index contributed by atoms with van der Waals surface area (Å²) in [7, 11) is 0. The molecule has 4 aromatic rings. The van der Waals surface area contributed by atoms with Crippen LogP contribution in [0.2, 0.25) is 0 Å². The molecule has 0 saturated heterocycles. The molecular weight excluding hydrogens is 282 g/mol. The summed E-state index contributed by atoms with van der Waals surface area (Å²) in [5.41, 5.74) is 1.02. The highest BCUT2D eigenvalue weighted by molar-refractivity contribution is 6.08. The summed E-state index contributed by atoms with van der Waals surface area (Å²) in [4.78, 5) is 30.8. The highest BCUT2D eigenvalue weighted by Gasteiger charge is 2.17. The first-order chi connectivity index (χ1) is 10.7. The largest absolute Gasteiger partial charge is 0.361 e. The second-order valence-electron chi connectivity index (χ2n) is 4.96. The SMILES string of the molecule is O=c1c2cccc([N+](=O)[O-])c2nc2c1ccc1[nH]cccc12. The zero-order valence-electron chi connectivity index (χ0n) is 11.2. The van der Waals surface area contributed by atoms with Crippen LogP contribution in [0, 0.1) is 10.1 Å². The van der Waals surface area contributed by atoms with Gasteiger partial charge in [0.25, 0.3) is 5.69 Å². The summed E-state index contributed by atoms with van der Waals surface area (Å²) in [6, 6.07) is 11.6. The zero-order chi connectivity index (χ0) is 15.3. The number of pyridine rings is 2. The molecule has 0 aliphatic rings. The molecule has 0 saturated carbocycles. The van der Waals surface area contributed by atoms with Crippen molar-refractivity contribution >= 4 is 38.4 Å². The Bertz CT molecular complexity index is 1130. The number of nitro benzene ring substituents is 1. The van der Waals surface area contributed by atoms with Crippen LogP contribution in [0.5, 0.6) is 0 Å². The highest BCUT2D eigenvalue weighted by atomic mass is 16.6. The lowest BCUT2D eigenvalue weighted by molar-refractivity contribution is -0.383. The van der Waals surface area contributed by atoms with E-state index in [-0.39, 0.29) is 22.0 Å². The number of hydrogen-bond acceptors (Lipinski definition) is 4. The fourth-order valence-corrected chi connectivity index (χ4v) is 2.72. The third kappa shape index (κ3) is 1.61. The fourth-order valence-electron chi connectivity index (χ4n) is 2.72. The first kappa shape index (κ1) is 12.5. The van der Waals surface area contributed by atoms with Gasteiger partial charge in [-0.2, -0.15) is 0 Å². The molecule has 0 amide bonds. The molecule has 1 N–H and O–H groups in total. The zero-order valence-corrected chi connectivity index (χ0v) is 11.2. The van der Waals surface area contributed by atoms with Crippen molar-refractivity contribution in [2.45, 2.75) is 0 Å². The van der Waals surface area contributed by atoms with Crippen molar-refractivity contribution in [2.75, 3.05) is 0 Å². The van der Waals surface area contributed by atoms with Gasteiger partial charge in [-0.1, -0.05) is 6.07 Å². The summed E-state index contributed by atoms with van der Waals surface area (Å²) >= 11 is 0. The van der Waals surface area contributed by atoms with Gasteiger partial charge in [0.1, 0.15) is 0 Å². The number of nitro groups is 1. The molecule has 0 spiro atoms. The van der Waals surface area contributed by atoms with E-state index in [0.29, 0.717) is 10.9 Å². The number of fused-ring (bicyclic) bond motifs is 4. The Balaban J connectivity index is 2.32. The third-order valence-corrected chi connectivity index (χ3v) is 3.74. The molecule has 0 fully saturated rings. The second-order valence-corrected chi connectivity index (χ2v) is 4.96. The first-order valence-electron chi connectivity index (χ1n) is 6.64. The van der Waals surface area contributed by atoms with Crippen LogP contribution in [-0.4, -0.2) is 14.9 Å². The average molecular weight is 291 g/mol. The maximum absolute atomic E-state index is 12.6. The standard InChI is InChI=1S/C16H9N3O3/c20-16-10-3-1-5-13(19(21)22)15(10)18-14-9-4-2-8-17-12(9)7-6-11(14)16/h1-8,17H. The van der Waals surface area contributed by atoms with Gasteiger partial charge in [0.15, 0.2) is 10.9 Å². The van der Waals surface area contributed by atoms with Gasteiger partial charge in [-0.05, 0) is 30.3 Å². The van der Waals surface area contributed by atoms with E-state index in [1.807, 2.05) is 12.1 Å². The minimum atomic E-state index is -0.516. The number of aromatic nitrogens is 2. The molecule has 6 nitrogen and oxygen atoms in total. The van der Waals surface area contributed by atoms with Crippen molar-refractivity contribution in [3.8, 4) is 0 Å². The minimum Gasteiger partial charge on any atom is -0.361 e. The summed E-state index contributed by atoms with van der Waals surface area (Å²) in [6.07, 6.45) is 1.77. The normalized spacial score (nSPS) is 11.3. The number of rotatable bonds is 1. The second kappa shape index (κ2) is 4.36. The molecule has 22 heavy (non-hydrogen) atoms. The lowest BCUT2D eigenvalue weighted by Crippen LogP contribution is -2.06. The molecule has 4 rings (SSSR count). The van der Waals surface area contributed by atoms with Crippen LogP contribution in [0.4, 0.5) is 5.69 Å². The topological polar surface area (TPSA) is 88.9 Å². The van der Waals surface area contributed by atoms with Crippen molar-refractivity contribution in [2.24, 2.45) is 0 Å². The molecule has 0 aliphatic carbocycles. The molecule has 0 unspecified atom stereocenters. The number of non-ortho nitro benzene ring substituents is 1. The van der Waals surface area contributed by atoms with Crippen LogP contribution in [0.3, 0.4) is 0 Å². The Labute approximate surface area is 123 Å². The first-order valence-corrected chi connectivity index (χ1v) is 6.64. The Morgan fingerprint density at radius 1 is 0.955 bits per heavy atom. The smallest absolute Gasteiger partial charge is 0.295 e. The number of nitrogens with zero attached hydrogens (tertiary/aromatic N) is 2. The maximum Gasteiger partial charge on any atom is 0.295 e. The number of benzene rings is 2. The van der Waals surface area contributed by atoms with Crippen LogP contribution in [0.15, 0.2) is 53.5 Å². The van der Waals surface area contributed by atoms with Crippen molar-refractivity contribution in [1.29, 1.82) is 0 Å². The third-order valence-electron chi connectivity index (χ3n) is 3.74. The van der Waals surface area contributed by atoms with E-state index < -0.39 is 4.92 Å². The molecule has 106 valence electrons. The van der Waals surface area contributed by atoms with Crippen molar-refractivity contribution in [1.82, 2.24) is 9.97 Å². The molecule has 2 heterocycles. The molecule has 2 aromatic heterocycles. The number of nitrogens with one attached hydrogen (secondary N) is 1. The molecule has 0 bridgehead atoms. The Kier molecular flexibility index (Phi) is 2.47. The number of aromatic amines is 1. The Morgan fingerprint density at radius 3 is 2.55 bits per heavy atom. The van der Waals surface area contributed by atoms with E-state index in [9.17, 15) is 14.9 Å². The van der Waals surface area contributed by atoms with Gasteiger partial charge in [0.05, 0.1) is 15.8 Å². The molecule has 0 aliphatic heterocycles. The van der Waals surface area contributed by atoms with E-state index in [0.717, 1.165) is 10.9 Å². The monoisotopic (exact) mass is 291 g/mol. The number of para-hydroxylation sites is 1. The summed E-state index contributed by atoms with van der Waals surface area (Å²) < 4.78 is 0. The minimum absolute atomic E-state index is 0.126. The van der Waals surface area contributed by atoms with Gasteiger partial charge < -0.3 is 4.98 Å². The van der Waals surface area contributed by atoms with Gasteiger partial charge >= 0.3 is 0 Å². The van der Waals surface area contributed by atoms with E-state index in [4.69, 9.17) is 0 Å². The van der Waals surface area contributed by atoms with E-state index >= 15 is 0 Å². The molecule has 0 atom stereocenters. The molecule has 6 heteroatoms. The van der Waals surface area contributed by atoms with Crippen molar-refractivity contribution in [3.05, 3.63) is 69.0 Å². The predicted molar refractivity (Wildman–Crippen MR) is 84.0 cm³/mol. The molecule has 2 aromatic carbocycles. The van der Waals surface area contributed by atoms with E-state index in [1.165, 1.54) is 12.1 Å². The average Bonchev–Trinajstić information content (AvgIpc) is 2.54. The van der Waals surface area contributed by atoms with Gasteiger partial charge in [-0.15, -0.1) is 0 Å². The van der Waals surface area contributed by atoms with Crippen LogP contribution >= 0.6 is 0 Å². The predicted octanol–water partition coefficient (Wildman–Crippen LogP) is 3.14. The van der Waals surface area contributed by atoms with Gasteiger partial charge in [0, 0.05) is 28.6 Å². The lowest BCUT2D eigenvalue weighted by atomic mass is 10.1. The maximum atomic E-state index is 12.6. The van der Waals surface area contributed by atoms with E-state index in [1.54, 1.807) is 24.4 Å². The van der Waals surface area contributed by atoms with Crippen molar-refractivity contribution < 1.29 is 4.92 Å². The van der Waals surface area contributed by atoms with Gasteiger partial charge in [0.2, 0.25) is 0 Å². The number of H-pyrrole nitrogens is 1. The van der Waals surface area contributed by atoms with Crippen LogP contribution < -0.4 is 5.43 Å². The Hall–Kier alpha value is -3.28. The number of hydrogen-bond donors (Lipinski definition) is 1.